The van der Waals surface area contributed by atoms with E-state index in [2.05, 4.69) is 5.32 Å². The molecule has 0 bridgehead atoms. The van der Waals surface area contributed by atoms with E-state index in [0.717, 1.165) is 6.42 Å². The minimum atomic E-state index is -0.0645. The fraction of sp³-hybridized carbons (Fsp3) is 0.400. The molecule has 1 amide bonds. The first-order valence-electron chi connectivity index (χ1n) is 6.65. The van der Waals surface area contributed by atoms with E-state index < -0.39 is 0 Å². The molecule has 4 nitrogen and oxygen atoms in total. The summed E-state index contributed by atoms with van der Waals surface area (Å²) in [5.74, 6) is 0.674. The highest BCUT2D eigenvalue weighted by molar-refractivity contribution is 6.32. The second-order valence-corrected chi connectivity index (χ2v) is 5.17. The monoisotopic (exact) mass is 295 g/mol. The van der Waals surface area contributed by atoms with Crippen LogP contribution < -0.4 is 10.1 Å². The maximum atomic E-state index is 11.7. The van der Waals surface area contributed by atoms with E-state index in [4.69, 9.17) is 21.4 Å². The Bertz CT molecular complexity index is 490. The molecule has 0 saturated heterocycles. The van der Waals surface area contributed by atoms with Gasteiger partial charge in [-0.1, -0.05) is 35.9 Å². The van der Waals surface area contributed by atoms with E-state index in [-0.39, 0.29) is 37.5 Å². The number of hydrogen-bond acceptors (Lipinski definition) is 3. The third kappa shape index (κ3) is 4.25. The zero-order chi connectivity index (χ0) is 14.4. The number of aliphatic hydroxyl groups excluding tert-OH is 1. The third-order valence-electron chi connectivity index (χ3n) is 3.18. The van der Waals surface area contributed by atoms with Crippen LogP contribution in [0.5, 0.6) is 5.75 Å². The number of ether oxygens (including phenoxy) is 1. The Morgan fingerprint density at radius 2 is 2.20 bits per heavy atom. The van der Waals surface area contributed by atoms with Gasteiger partial charge in [0.05, 0.1) is 18.1 Å². The molecule has 2 atom stereocenters. The van der Waals surface area contributed by atoms with E-state index in [1.807, 2.05) is 24.3 Å². The number of amides is 1. The number of carbonyl (C=O) groups excluding carboxylic acids is 1. The molecule has 20 heavy (non-hydrogen) atoms. The zero-order valence-electron chi connectivity index (χ0n) is 11.1. The molecule has 1 aromatic rings. The average Bonchev–Trinajstić information content (AvgIpc) is 2.88. The van der Waals surface area contributed by atoms with E-state index in [9.17, 15) is 4.79 Å². The molecule has 5 heteroatoms. The van der Waals surface area contributed by atoms with Gasteiger partial charge in [0.15, 0.2) is 0 Å². The van der Waals surface area contributed by atoms with Gasteiger partial charge in [-0.25, -0.2) is 0 Å². The van der Waals surface area contributed by atoms with Crippen molar-refractivity contribution in [2.45, 2.75) is 18.9 Å². The molecule has 0 aliphatic heterocycles. The van der Waals surface area contributed by atoms with Crippen molar-refractivity contribution in [3.05, 3.63) is 41.4 Å². The molecule has 1 aromatic carbocycles. The second-order valence-electron chi connectivity index (χ2n) is 4.77. The van der Waals surface area contributed by atoms with E-state index in [1.165, 1.54) is 0 Å². The second kappa shape index (κ2) is 7.31. The largest absolute Gasteiger partial charge is 0.491 e. The highest BCUT2D eigenvalue weighted by Crippen LogP contribution is 2.23. The smallest absolute Gasteiger partial charge is 0.223 e. The van der Waals surface area contributed by atoms with E-state index in [1.54, 1.807) is 12.1 Å². The highest BCUT2D eigenvalue weighted by atomic mass is 35.5. The number of carbonyl (C=O) groups is 1. The highest BCUT2D eigenvalue weighted by Gasteiger charge is 2.19. The lowest BCUT2D eigenvalue weighted by Crippen LogP contribution is -2.33. The Balaban J connectivity index is 1.69. The van der Waals surface area contributed by atoms with Gasteiger partial charge >= 0.3 is 0 Å². The van der Waals surface area contributed by atoms with Gasteiger partial charge in [0.2, 0.25) is 5.91 Å². The molecule has 0 aromatic heterocycles. The molecular weight excluding hydrogens is 278 g/mol. The fourth-order valence-corrected chi connectivity index (χ4v) is 2.30. The summed E-state index contributed by atoms with van der Waals surface area (Å²) in [6.07, 6.45) is 4.89. The normalized spacial score (nSPS) is 20.9. The molecule has 1 aliphatic rings. The van der Waals surface area contributed by atoms with Gasteiger partial charge < -0.3 is 15.2 Å². The summed E-state index contributed by atoms with van der Waals surface area (Å²) in [5.41, 5.74) is 0. The van der Waals surface area contributed by atoms with Gasteiger partial charge in [-0.15, -0.1) is 0 Å². The summed E-state index contributed by atoms with van der Waals surface area (Å²) < 4.78 is 5.46. The lowest BCUT2D eigenvalue weighted by Gasteiger charge is -2.13. The van der Waals surface area contributed by atoms with Crippen LogP contribution in [0.3, 0.4) is 0 Å². The summed E-state index contributed by atoms with van der Waals surface area (Å²) in [7, 11) is 0. The predicted molar refractivity (Wildman–Crippen MR) is 77.8 cm³/mol. The number of rotatable bonds is 6. The van der Waals surface area contributed by atoms with Crippen molar-refractivity contribution in [1.29, 1.82) is 0 Å². The molecule has 0 radical (unpaired) electrons. The Morgan fingerprint density at radius 1 is 1.40 bits per heavy atom. The summed E-state index contributed by atoms with van der Waals surface area (Å²) in [5, 5.41) is 12.4. The van der Waals surface area contributed by atoms with Crippen molar-refractivity contribution in [2.24, 2.45) is 5.92 Å². The van der Waals surface area contributed by atoms with Crippen molar-refractivity contribution in [3.8, 4) is 5.75 Å². The first-order valence-corrected chi connectivity index (χ1v) is 7.02. The average molecular weight is 296 g/mol. The summed E-state index contributed by atoms with van der Waals surface area (Å²) in [6.45, 7) is 0.411. The first-order chi connectivity index (χ1) is 9.69. The van der Waals surface area contributed by atoms with Crippen LogP contribution in [0, 0.1) is 5.92 Å². The molecule has 1 aliphatic carbocycles. The number of para-hydroxylation sites is 1. The molecule has 0 fully saturated rings. The topological polar surface area (TPSA) is 58.6 Å². The Kier molecular flexibility index (Phi) is 5.44. The van der Waals surface area contributed by atoms with Crippen LogP contribution >= 0.6 is 11.6 Å². The van der Waals surface area contributed by atoms with Crippen LogP contribution in [0.4, 0.5) is 0 Å². The maximum absolute atomic E-state index is 11.7. The molecular formula is C15H18ClNO3. The van der Waals surface area contributed by atoms with Gasteiger partial charge in [0.25, 0.3) is 0 Å². The number of aliphatic hydroxyl groups is 1. The SMILES string of the molecule is O=C(CCOc1ccccc1Cl)N[C@@H]1C=C[C@H](CO)C1. The maximum Gasteiger partial charge on any atom is 0.223 e. The van der Waals surface area contributed by atoms with Gasteiger partial charge in [0, 0.05) is 18.6 Å². The minimum absolute atomic E-state index is 0.0139. The van der Waals surface area contributed by atoms with Crippen LogP contribution in [-0.2, 0) is 4.79 Å². The lowest BCUT2D eigenvalue weighted by molar-refractivity contribution is -0.122. The summed E-state index contributed by atoms with van der Waals surface area (Å²) in [6, 6.07) is 7.19. The predicted octanol–water partition coefficient (Wildman–Crippen LogP) is 2.16. The van der Waals surface area contributed by atoms with Crippen LogP contribution in [0.1, 0.15) is 12.8 Å². The van der Waals surface area contributed by atoms with Crippen molar-refractivity contribution >= 4 is 17.5 Å². The Labute approximate surface area is 123 Å². The van der Waals surface area contributed by atoms with Crippen molar-refractivity contribution in [1.82, 2.24) is 5.32 Å². The van der Waals surface area contributed by atoms with Crippen LogP contribution in [0.25, 0.3) is 0 Å². The summed E-state index contributed by atoms with van der Waals surface area (Å²) >= 11 is 5.95. The van der Waals surface area contributed by atoms with Crippen molar-refractivity contribution in [3.63, 3.8) is 0 Å². The number of nitrogens with one attached hydrogen (secondary N) is 1. The Morgan fingerprint density at radius 3 is 2.90 bits per heavy atom. The molecule has 2 rings (SSSR count). The van der Waals surface area contributed by atoms with Crippen LogP contribution in [0.2, 0.25) is 5.02 Å². The lowest BCUT2D eigenvalue weighted by atomic mass is 10.1. The molecule has 0 spiro atoms. The van der Waals surface area contributed by atoms with Crippen molar-refractivity contribution < 1.29 is 14.6 Å². The number of benzene rings is 1. The van der Waals surface area contributed by atoms with Crippen molar-refractivity contribution in [2.75, 3.05) is 13.2 Å². The first kappa shape index (κ1) is 14.9. The van der Waals surface area contributed by atoms with Gasteiger partial charge in [-0.3, -0.25) is 4.79 Å². The van der Waals surface area contributed by atoms with Gasteiger partial charge in [0.1, 0.15) is 5.75 Å². The standard InChI is InChI=1S/C15H18ClNO3/c16-13-3-1-2-4-14(13)20-8-7-15(19)17-12-6-5-11(9-12)10-18/h1-6,11-12,18H,7-10H2,(H,17,19)/t11-,12+/m0/s1. The minimum Gasteiger partial charge on any atom is -0.491 e. The fourth-order valence-electron chi connectivity index (χ4n) is 2.11. The third-order valence-corrected chi connectivity index (χ3v) is 3.49. The van der Waals surface area contributed by atoms with Crippen LogP contribution in [-0.4, -0.2) is 30.3 Å². The van der Waals surface area contributed by atoms with Gasteiger partial charge in [-0.05, 0) is 18.6 Å². The Hall–Kier alpha value is -1.52. The number of halogens is 1. The number of hydrogen-bond donors (Lipinski definition) is 2. The molecule has 0 saturated carbocycles. The molecule has 108 valence electrons. The molecule has 0 heterocycles. The quantitative estimate of drug-likeness (QED) is 0.791. The molecule has 0 unspecified atom stereocenters. The van der Waals surface area contributed by atoms with E-state index >= 15 is 0 Å². The van der Waals surface area contributed by atoms with Crippen LogP contribution in [0.15, 0.2) is 36.4 Å². The zero-order valence-corrected chi connectivity index (χ0v) is 11.8. The summed E-state index contributed by atoms with van der Waals surface area (Å²) in [4.78, 5) is 11.7. The van der Waals surface area contributed by atoms with Gasteiger partial charge in [-0.2, -0.15) is 0 Å². The molecule has 2 N–H and O–H groups in total. The van der Waals surface area contributed by atoms with E-state index in [0.29, 0.717) is 10.8 Å².